The van der Waals surface area contributed by atoms with Crippen LogP contribution in [-0.4, -0.2) is 38.1 Å². The van der Waals surface area contributed by atoms with Crippen molar-refractivity contribution in [2.24, 2.45) is 0 Å². The van der Waals surface area contributed by atoms with Crippen LogP contribution in [0.2, 0.25) is 5.02 Å². The van der Waals surface area contributed by atoms with Crippen LogP contribution in [0.3, 0.4) is 0 Å². The molecule has 1 aliphatic heterocycles. The number of para-hydroxylation sites is 1. The molecule has 5 nitrogen and oxygen atoms in total. The molecule has 0 aromatic heterocycles. The molecule has 1 aromatic rings. The van der Waals surface area contributed by atoms with Gasteiger partial charge >= 0.3 is 0 Å². The zero-order chi connectivity index (χ0) is 14.0. The van der Waals surface area contributed by atoms with E-state index in [0.29, 0.717) is 23.8 Å². The van der Waals surface area contributed by atoms with Gasteiger partial charge in [0.1, 0.15) is 0 Å². The first-order chi connectivity index (χ1) is 8.88. The molecule has 0 bridgehead atoms. The Labute approximate surface area is 118 Å². The van der Waals surface area contributed by atoms with Crippen LogP contribution in [-0.2, 0) is 10.0 Å². The van der Waals surface area contributed by atoms with Crippen molar-refractivity contribution in [1.29, 1.82) is 0 Å². The van der Waals surface area contributed by atoms with E-state index in [1.54, 1.807) is 18.2 Å². The number of nitrogens with one attached hydrogen (secondary N) is 1. The van der Waals surface area contributed by atoms with Gasteiger partial charge in [0.15, 0.2) is 0 Å². The van der Waals surface area contributed by atoms with Gasteiger partial charge in [0, 0.05) is 19.1 Å². The number of nitrogens with two attached hydrogens (primary N) is 1. The summed E-state index contributed by atoms with van der Waals surface area (Å²) in [5.74, 6) is 0. The Bertz CT molecular complexity index is 534. The van der Waals surface area contributed by atoms with Crippen molar-refractivity contribution in [3.05, 3.63) is 23.2 Å². The fraction of sp³-hybridized carbons (Fsp3) is 0.500. The topological polar surface area (TPSA) is 75.4 Å². The minimum absolute atomic E-state index is 0.195. The van der Waals surface area contributed by atoms with E-state index in [4.69, 9.17) is 17.3 Å². The quantitative estimate of drug-likeness (QED) is 0.834. The summed E-state index contributed by atoms with van der Waals surface area (Å²) in [5.41, 5.74) is 7.23. The highest BCUT2D eigenvalue weighted by Crippen LogP contribution is 2.30. The Balaban J connectivity index is 2.00. The van der Waals surface area contributed by atoms with Crippen LogP contribution >= 0.6 is 11.6 Å². The first-order valence-electron chi connectivity index (χ1n) is 6.13. The number of halogens is 1. The molecule has 0 saturated carbocycles. The van der Waals surface area contributed by atoms with Crippen molar-refractivity contribution < 1.29 is 8.42 Å². The third kappa shape index (κ3) is 3.52. The third-order valence-electron chi connectivity index (χ3n) is 3.32. The SMILES string of the molecule is CS(=O)(=O)N1CCC(Nc2c(N)cccc2Cl)CC1. The first kappa shape index (κ1) is 14.4. The van der Waals surface area contributed by atoms with Gasteiger partial charge in [-0.3, -0.25) is 0 Å². The molecule has 106 valence electrons. The molecule has 1 fully saturated rings. The maximum atomic E-state index is 11.4. The monoisotopic (exact) mass is 303 g/mol. The molecule has 0 atom stereocenters. The van der Waals surface area contributed by atoms with Gasteiger partial charge in [-0.15, -0.1) is 0 Å². The maximum absolute atomic E-state index is 11.4. The summed E-state index contributed by atoms with van der Waals surface area (Å²) in [6.45, 7) is 1.06. The Hall–Kier alpha value is -0.980. The summed E-state index contributed by atoms with van der Waals surface area (Å²) < 4.78 is 24.3. The predicted octanol–water partition coefficient (Wildman–Crippen LogP) is 1.76. The maximum Gasteiger partial charge on any atom is 0.211 e. The lowest BCUT2D eigenvalue weighted by Gasteiger charge is -2.31. The third-order valence-corrected chi connectivity index (χ3v) is 4.94. The van der Waals surface area contributed by atoms with Crippen molar-refractivity contribution in [2.75, 3.05) is 30.4 Å². The van der Waals surface area contributed by atoms with Crippen LogP contribution in [0.5, 0.6) is 0 Å². The highest BCUT2D eigenvalue weighted by Gasteiger charge is 2.25. The van der Waals surface area contributed by atoms with E-state index in [9.17, 15) is 8.42 Å². The van der Waals surface area contributed by atoms with E-state index < -0.39 is 10.0 Å². The molecule has 0 amide bonds. The Morgan fingerprint density at radius 3 is 2.53 bits per heavy atom. The van der Waals surface area contributed by atoms with E-state index in [2.05, 4.69) is 5.32 Å². The molecule has 0 unspecified atom stereocenters. The Morgan fingerprint density at radius 2 is 2.00 bits per heavy atom. The lowest BCUT2D eigenvalue weighted by Crippen LogP contribution is -2.41. The number of rotatable bonds is 3. The highest BCUT2D eigenvalue weighted by molar-refractivity contribution is 7.88. The fourth-order valence-electron chi connectivity index (χ4n) is 2.23. The largest absolute Gasteiger partial charge is 0.397 e. The summed E-state index contributed by atoms with van der Waals surface area (Å²) in [7, 11) is -3.08. The minimum Gasteiger partial charge on any atom is -0.397 e. The summed E-state index contributed by atoms with van der Waals surface area (Å²) in [5, 5.41) is 3.90. The lowest BCUT2D eigenvalue weighted by atomic mass is 10.1. The summed E-state index contributed by atoms with van der Waals surface area (Å²) >= 11 is 6.10. The number of hydrogen-bond acceptors (Lipinski definition) is 4. The van der Waals surface area contributed by atoms with E-state index in [1.165, 1.54) is 10.6 Å². The molecule has 0 aliphatic carbocycles. The van der Waals surface area contributed by atoms with Gasteiger partial charge in [0.25, 0.3) is 0 Å². The van der Waals surface area contributed by atoms with Gasteiger partial charge in [-0.1, -0.05) is 17.7 Å². The van der Waals surface area contributed by atoms with Gasteiger partial charge in [0.2, 0.25) is 10.0 Å². The van der Waals surface area contributed by atoms with Crippen LogP contribution in [0.25, 0.3) is 0 Å². The van der Waals surface area contributed by atoms with Crippen molar-refractivity contribution in [2.45, 2.75) is 18.9 Å². The molecule has 19 heavy (non-hydrogen) atoms. The number of nitrogens with zero attached hydrogens (tertiary/aromatic N) is 1. The lowest BCUT2D eigenvalue weighted by molar-refractivity contribution is 0.332. The number of nitrogen functional groups attached to an aromatic ring is 1. The number of sulfonamides is 1. The first-order valence-corrected chi connectivity index (χ1v) is 8.36. The van der Waals surface area contributed by atoms with Gasteiger partial charge in [-0.25, -0.2) is 12.7 Å². The summed E-state index contributed by atoms with van der Waals surface area (Å²) in [4.78, 5) is 0. The summed E-state index contributed by atoms with van der Waals surface area (Å²) in [6.07, 6.45) is 2.74. The van der Waals surface area contributed by atoms with Gasteiger partial charge in [-0.2, -0.15) is 0 Å². The molecule has 0 spiro atoms. The molecule has 0 radical (unpaired) electrons. The molecule has 2 rings (SSSR count). The van der Waals surface area contributed by atoms with E-state index >= 15 is 0 Å². The van der Waals surface area contributed by atoms with Crippen molar-refractivity contribution in [3.63, 3.8) is 0 Å². The van der Waals surface area contributed by atoms with Gasteiger partial charge in [0.05, 0.1) is 22.7 Å². The molecule has 7 heteroatoms. The number of piperidine rings is 1. The highest BCUT2D eigenvalue weighted by atomic mass is 35.5. The fourth-order valence-corrected chi connectivity index (χ4v) is 3.34. The van der Waals surface area contributed by atoms with Crippen LogP contribution in [0, 0.1) is 0 Å². The molecule has 1 heterocycles. The molecule has 1 saturated heterocycles. The van der Waals surface area contributed by atoms with E-state index in [-0.39, 0.29) is 6.04 Å². The second-order valence-electron chi connectivity index (χ2n) is 4.78. The second kappa shape index (κ2) is 5.56. The number of benzene rings is 1. The standard InChI is InChI=1S/C12H18ClN3O2S/c1-19(17,18)16-7-5-9(6-8-16)15-12-10(13)3-2-4-11(12)14/h2-4,9,15H,5-8,14H2,1H3. The Kier molecular flexibility index (Phi) is 4.23. The average Bonchev–Trinajstić information content (AvgIpc) is 2.33. The Morgan fingerprint density at radius 1 is 1.37 bits per heavy atom. The number of anilines is 2. The molecular formula is C12H18ClN3O2S. The molecule has 1 aliphatic rings. The van der Waals surface area contributed by atoms with Crippen molar-refractivity contribution in [3.8, 4) is 0 Å². The van der Waals surface area contributed by atoms with Crippen molar-refractivity contribution >= 4 is 33.0 Å². The predicted molar refractivity (Wildman–Crippen MR) is 78.9 cm³/mol. The normalized spacial score (nSPS) is 18.4. The van der Waals surface area contributed by atoms with E-state index in [0.717, 1.165) is 18.5 Å². The summed E-state index contributed by atoms with van der Waals surface area (Å²) in [6, 6.07) is 5.57. The van der Waals surface area contributed by atoms with Crippen molar-refractivity contribution in [1.82, 2.24) is 4.31 Å². The molecule has 3 N–H and O–H groups in total. The molecule has 1 aromatic carbocycles. The van der Waals surface area contributed by atoms with Crippen LogP contribution in [0.15, 0.2) is 18.2 Å². The average molecular weight is 304 g/mol. The van der Waals surface area contributed by atoms with Crippen LogP contribution in [0.4, 0.5) is 11.4 Å². The second-order valence-corrected chi connectivity index (χ2v) is 7.17. The van der Waals surface area contributed by atoms with Gasteiger partial charge in [-0.05, 0) is 25.0 Å². The van der Waals surface area contributed by atoms with Gasteiger partial charge < -0.3 is 11.1 Å². The smallest absolute Gasteiger partial charge is 0.211 e. The zero-order valence-corrected chi connectivity index (χ0v) is 12.3. The van der Waals surface area contributed by atoms with E-state index in [1.807, 2.05) is 0 Å². The molecular weight excluding hydrogens is 286 g/mol. The van der Waals surface area contributed by atoms with Crippen LogP contribution < -0.4 is 11.1 Å². The zero-order valence-electron chi connectivity index (χ0n) is 10.8. The van der Waals surface area contributed by atoms with Crippen LogP contribution in [0.1, 0.15) is 12.8 Å². The minimum atomic E-state index is -3.08. The number of hydrogen-bond donors (Lipinski definition) is 2.